The molecule has 43 heavy (non-hydrogen) atoms. The lowest BCUT2D eigenvalue weighted by Gasteiger charge is -2.35. The summed E-state index contributed by atoms with van der Waals surface area (Å²) in [6.45, 7) is 4.59. The Bertz CT molecular complexity index is 1630. The highest BCUT2D eigenvalue weighted by atomic mass is 35.5. The number of amides is 2. The molecule has 1 fully saturated rings. The Balaban J connectivity index is 1.43. The van der Waals surface area contributed by atoms with E-state index in [0.717, 1.165) is 36.0 Å². The molecule has 0 radical (unpaired) electrons. The average molecular weight is 648 g/mol. The van der Waals surface area contributed by atoms with Gasteiger partial charge in [0.05, 0.1) is 41.2 Å². The molecule has 0 bridgehead atoms. The van der Waals surface area contributed by atoms with Crippen LogP contribution in [0.15, 0.2) is 60.7 Å². The zero-order valence-electron chi connectivity index (χ0n) is 23.7. The van der Waals surface area contributed by atoms with Gasteiger partial charge in [0, 0.05) is 31.4 Å². The van der Waals surface area contributed by atoms with Crippen LogP contribution in [-0.4, -0.2) is 76.9 Å². The average Bonchev–Trinajstić information content (AvgIpc) is 2.97. The second-order valence-corrected chi connectivity index (χ2v) is 13.1. The summed E-state index contributed by atoms with van der Waals surface area (Å²) in [5, 5.41) is 3.70. The van der Waals surface area contributed by atoms with Gasteiger partial charge < -0.3 is 14.8 Å². The first-order valence-electron chi connectivity index (χ1n) is 13.7. The van der Waals surface area contributed by atoms with Gasteiger partial charge in [0.25, 0.3) is 5.91 Å². The highest BCUT2D eigenvalue weighted by Gasteiger charge is 2.35. The molecule has 2 heterocycles. The van der Waals surface area contributed by atoms with Crippen LogP contribution in [0.3, 0.4) is 0 Å². The third-order valence-electron chi connectivity index (χ3n) is 7.30. The number of sulfonamides is 1. The molecule has 2 amide bonds. The van der Waals surface area contributed by atoms with Gasteiger partial charge in [0.15, 0.2) is 6.61 Å². The Kier molecular flexibility index (Phi) is 9.48. The van der Waals surface area contributed by atoms with Crippen molar-refractivity contribution in [1.29, 1.82) is 0 Å². The summed E-state index contributed by atoms with van der Waals surface area (Å²) in [6.07, 6.45) is 1.10. The number of ether oxygens (including phenoxy) is 2. The molecule has 2 aliphatic rings. The van der Waals surface area contributed by atoms with Gasteiger partial charge in [-0.05, 0) is 47.9 Å². The minimum Gasteiger partial charge on any atom is -0.482 e. The lowest BCUT2D eigenvalue weighted by atomic mass is 9.98. The van der Waals surface area contributed by atoms with E-state index < -0.39 is 22.1 Å². The molecule has 0 spiro atoms. The number of halogens is 2. The first-order valence-corrected chi connectivity index (χ1v) is 16.4. The molecule has 0 aromatic heterocycles. The van der Waals surface area contributed by atoms with E-state index in [4.69, 9.17) is 32.7 Å². The Morgan fingerprint density at radius 1 is 1.00 bits per heavy atom. The summed E-state index contributed by atoms with van der Waals surface area (Å²) in [5.74, 6) is -0.350. The van der Waals surface area contributed by atoms with Crippen molar-refractivity contribution < 1.29 is 27.5 Å². The number of anilines is 2. The highest BCUT2D eigenvalue weighted by Crippen LogP contribution is 2.39. The maximum Gasteiger partial charge on any atom is 0.265 e. The molecule has 10 nitrogen and oxygen atoms in total. The molecule has 2 N–H and O–H groups in total. The van der Waals surface area contributed by atoms with Gasteiger partial charge in [-0.25, -0.2) is 8.42 Å². The minimum atomic E-state index is -3.44. The standard InChI is InChI=1S/C30H32Cl2N4O6S/c1-19(36-27-15-24(31)25(32)16-28(27)42-18-29(36)37)30(38)33-26(17-35-9-11-41-12-10-35)22-7-3-5-20(13-22)21-6-4-8-23(14-21)34-43(2,39)40/h3-8,13-16,19,26,34H,9-12,17-18H2,1-2H3,(H,33,38). The first-order chi connectivity index (χ1) is 20.5. The van der Waals surface area contributed by atoms with Gasteiger partial charge in [0.1, 0.15) is 11.8 Å². The molecule has 2 atom stereocenters. The largest absolute Gasteiger partial charge is 0.482 e. The number of carbonyl (C=O) groups excluding carboxylic acids is 2. The fourth-order valence-electron chi connectivity index (χ4n) is 5.19. The number of rotatable bonds is 9. The zero-order valence-corrected chi connectivity index (χ0v) is 26.0. The van der Waals surface area contributed by atoms with Crippen LogP contribution in [-0.2, 0) is 24.3 Å². The number of nitrogens with one attached hydrogen (secondary N) is 2. The number of benzene rings is 3. The van der Waals surface area contributed by atoms with E-state index in [9.17, 15) is 18.0 Å². The quantitative estimate of drug-likeness (QED) is 0.355. The van der Waals surface area contributed by atoms with Crippen LogP contribution < -0.4 is 19.7 Å². The maximum absolute atomic E-state index is 13.8. The molecular weight excluding hydrogens is 615 g/mol. The Morgan fingerprint density at radius 2 is 1.67 bits per heavy atom. The van der Waals surface area contributed by atoms with Crippen molar-refractivity contribution in [2.45, 2.75) is 19.0 Å². The van der Waals surface area contributed by atoms with Crippen molar-refractivity contribution >= 4 is 56.4 Å². The van der Waals surface area contributed by atoms with Gasteiger partial charge in [-0.2, -0.15) is 0 Å². The van der Waals surface area contributed by atoms with Crippen molar-refractivity contribution in [1.82, 2.24) is 10.2 Å². The molecule has 5 rings (SSSR count). The van der Waals surface area contributed by atoms with Crippen LogP contribution in [0.5, 0.6) is 5.75 Å². The van der Waals surface area contributed by atoms with E-state index in [1.807, 2.05) is 30.3 Å². The summed E-state index contributed by atoms with van der Waals surface area (Å²) >= 11 is 12.4. The second-order valence-electron chi connectivity index (χ2n) is 10.5. The third-order valence-corrected chi connectivity index (χ3v) is 8.63. The normalized spacial score (nSPS) is 17.0. The molecule has 2 unspecified atom stereocenters. The summed E-state index contributed by atoms with van der Waals surface area (Å²) in [7, 11) is -3.44. The first kappa shape index (κ1) is 31.1. The van der Waals surface area contributed by atoms with Gasteiger partial charge in [-0.1, -0.05) is 53.5 Å². The van der Waals surface area contributed by atoms with Crippen LogP contribution in [0.2, 0.25) is 10.0 Å². The number of hydrogen-bond acceptors (Lipinski definition) is 7. The SMILES string of the molecule is CC(C(=O)NC(CN1CCOCC1)c1cccc(-c2cccc(NS(C)(=O)=O)c2)c1)N1C(=O)COc2cc(Cl)c(Cl)cc21. The van der Waals surface area contributed by atoms with Crippen molar-refractivity contribution in [2.24, 2.45) is 0 Å². The third kappa shape index (κ3) is 7.60. The van der Waals surface area contributed by atoms with Crippen LogP contribution in [0.1, 0.15) is 18.5 Å². The van der Waals surface area contributed by atoms with Crippen LogP contribution in [0, 0.1) is 0 Å². The van der Waals surface area contributed by atoms with E-state index >= 15 is 0 Å². The smallest absolute Gasteiger partial charge is 0.265 e. The van der Waals surface area contributed by atoms with Crippen molar-refractivity contribution in [3.63, 3.8) is 0 Å². The molecular formula is C30H32Cl2N4O6S. The lowest BCUT2D eigenvalue weighted by molar-refractivity contribution is -0.128. The summed E-state index contributed by atoms with van der Waals surface area (Å²) < 4.78 is 37.1. The fraction of sp³-hybridized carbons (Fsp3) is 0.333. The zero-order chi connectivity index (χ0) is 30.7. The van der Waals surface area contributed by atoms with Crippen molar-refractivity contribution in [3.05, 3.63) is 76.3 Å². The number of hydrogen-bond donors (Lipinski definition) is 2. The van der Waals surface area contributed by atoms with Gasteiger partial charge >= 0.3 is 0 Å². The number of fused-ring (bicyclic) bond motifs is 1. The summed E-state index contributed by atoms with van der Waals surface area (Å²) in [5.41, 5.74) is 3.35. The minimum absolute atomic E-state index is 0.227. The molecule has 2 aliphatic heterocycles. The van der Waals surface area contributed by atoms with Gasteiger partial charge in [0.2, 0.25) is 15.9 Å². The molecule has 0 saturated carbocycles. The second kappa shape index (κ2) is 13.1. The fourth-order valence-corrected chi connectivity index (χ4v) is 6.05. The van der Waals surface area contributed by atoms with Crippen LogP contribution in [0.25, 0.3) is 11.1 Å². The predicted octanol–water partition coefficient (Wildman–Crippen LogP) is 4.34. The van der Waals surface area contributed by atoms with E-state index in [0.29, 0.717) is 36.9 Å². The monoisotopic (exact) mass is 646 g/mol. The highest BCUT2D eigenvalue weighted by molar-refractivity contribution is 7.92. The van der Waals surface area contributed by atoms with Crippen molar-refractivity contribution in [3.8, 4) is 16.9 Å². The topological polar surface area (TPSA) is 117 Å². The van der Waals surface area contributed by atoms with E-state index in [-0.39, 0.29) is 28.5 Å². The maximum atomic E-state index is 13.8. The molecule has 3 aromatic rings. The summed E-state index contributed by atoms with van der Waals surface area (Å²) in [6, 6.07) is 16.6. The predicted molar refractivity (Wildman–Crippen MR) is 167 cm³/mol. The van der Waals surface area contributed by atoms with Crippen LogP contribution >= 0.6 is 23.2 Å². The lowest BCUT2D eigenvalue weighted by Crippen LogP contribution is -2.53. The van der Waals surface area contributed by atoms with Crippen LogP contribution in [0.4, 0.5) is 11.4 Å². The number of nitrogens with zero attached hydrogens (tertiary/aromatic N) is 2. The van der Waals surface area contributed by atoms with E-state index in [2.05, 4.69) is 14.9 Å². The van der Waals surface area contributed by atoms with Gasteiger partial charge in [-0.15, -0.1) is 0 Å². The Hall–Kier alpha value is -3.35. The molecule has 228 valence electrons. The Labute approximate surface area is 260 Å². The van der Waals surface area contributed by atoms with E-state index in [1.54, 1.807) is 25.1 Å². The van der Waals surface area contributed by atoms with E-state index in [1.165, 1.54) is 17.0 Å². The molecule has 13 heteroatoms. The van der Waals surface area contributed by atoms with Gasteiger partial charge in [-0.3, -0.25) is 24.1 Å². The Morgan fingerprint density at radius 3 is 2.40 bits per heavy atom. The molecule has 0 aliphatic carbocycles. The number of morpholine rings is 1. The van der Waals surface area contributed by atoms with Crippen molar-refractivity contribution in [2.75, 3.05) is 55.3 Å². The molecule has 3 aromatic carbocycles. The number of carbonyl (C=O) groups is 2. The summed E-state index contributed by atoms with van der Waals surface area (Å²) in [4.78, 5) is 30.4. The molecule has 1 saturated heterocycles.